The van der Waals surface area contributed by atoms with E-state index in [4.69, 9.17) is 35.5 Å². The first-order valence-electron chi connectivity index (χ1n) is 28.8. The molecule has 5 atom stereocenters. The number of hydrogen-bond donors (Lipinski definition) is 4. The van der Waals surface area contributed by atoms with Crippen molar-refractivity contribution < 1.29 is 66.4 Å². The smallest absolute Gasteiger partial charge is 0.414 e. The van der Waals surface area contributed by atoms with Crippen molar-refractivity contribution in [3.8, 4) is 11.1 Å². The lowest BCUT2D eigenvalue weighted by Gasteiger charge is -2.30. The quantitative estimate of drug-likeness (QED) is 0.0565. The number of benzene rings is 5. The molecule has 0 spiro atoms. The highest BCUT2D eigenvalue weighted by atomic mass is 79.9. The Morgan fingerprint density at radius 2 is 1.02 bits per heavy atom. The minimum atomic E-state index is -0.968. The molecule has 87 heavy (non-hydrogen) atoms. The molecular formula is C66H83Br2F2N5O12. The van der Waals surface area contributed by atoms with E-state index in [9.17, 15) is 42.3 Å². The van der Waals surface area contributed by atoms with Crippen LogP contribution in [0, 0.1) is 11.6 Å². The lowest BCUT2D eigenvalue weighted by Crippen LogP contribution is -2.41. The number of nitrogens with zero attached hydrogens (tertiary/aromatic N) is 2. The summed E-state index contributed by atoms with van der Waals surface area (Å²) in [4.78, 5) is 81.3. The molecular weight excluding hydrogens is 1250 g/mol. The minimum absolute atomic E-state index is 0.00202. The highest BCUT2D eigenvalue weighted by molar-refractivity contribution is 9.10. The monoisotopic (exact) mass is 1330 g/mol. The zero-order chi connectivity index (χ0) is 64.9. The fourth-order valence-corrected chi connectivity index (χ4v) is 9.47. The predicted molar refractivity (Wildman–Crippen MR) is 339 cm³/mol. The Bertz CT molecular complexity index is 3110. The molecule has 2 amide bonds. The molecule has 3 fully saturated rings. The Kier molecular flexibility index (Phi) is 28.7. The van der Waals surface area contributed by atoms with Crippen LogP contribution >= 0.6 is 31.9 Å². The van der Waals surface area contributed by atoms with E-state index in [1.165, 1.54) is 46.9 Å². The van der Waals surface area contributed by atoms with Gasteiger partial charge in [0.2, 0.25) is 0 Å². The van der Waals surface area contributed by atoms with Crippen molar-refractivity contribution in [2.45, 2.75) is 162 Å². The van der Waals surface area contributed by atoms with Crippen LogP contribution in [0.5, 0.6) is 0 Å². The van der Waals surface area contributed by atoms with Gasteiger partial charge >= 0.3 is 18.2 Å². The maximum atomic E-state index is 14.9. The molecule has 0 bridgehead atoms. The van der Waals surface area contributed by atoms with Gasteiger partial charge < -0.3 is 50.8 Å². The number of hydrogen-bond acceptors (Lipinski definition) is 14. The van der Waals surface area contributed by atoms with Gasteiger partial charge in [0.05, 0.1) is 48.8 Å². The van der Waals surface area contributed by atoms with Crippen LogP contribution in [0.4, 0.5) is 29.7 Å². The minimum Gasteiger partial charge on any atom is -0.480 e. The molecule has 17 nitrogen and oxygen atoms in total. The van der Waals surface area contributed by atoms with E-state index < -0.39 is 47.3 Å². The number of halogens is 4. The number of amides is 2. The number of Topliss-reactive ketones (excluding diaryl/α,β-unsaturated/α-hetero) is 4. The van der Waals surface area contributed by atoms with Gasteiger partial charge in [-0.3, -0.25) is 24.2 Å². The van der Waals surface area contributed by atoms with Gasteiger partial charge in [0.1, 0.15) is 47.0 Å². The third-order valence-electron chi connectivity index (χ3n) is 14.9. The van der Waals surface area contributed by atoms with Crippen molar-refractivity contribution in [1.82, 2.24) is 0 Å². The molecule has 3 heterocycles. The number of carbonyl (C=O) groups is 7. The van der Waals surface area contributed by atoms with Crippen LogP contribution in [-0.2, 0) is 42.9 Å². The Balaban J connectivity index is 0.000000260. The van der Waals surface area contributed by atoms with E-state index in [2.05, 4.69) is 56.7 Å². The van der Waals surface area contributed by atoms with Gasteiger partial charge in [-0.2, -0.15) is 0 Å². The van der Waals surface area contributed by atoms with Gasteiger partial charge in [-0.1, -0.05) is 101 Å². The van der Waals surface area contributed by atoms with Crippen LogP contribution in [0.1, 0.15) is 161 Å². The average molecular weight is 1340 g/mol. The van der Waals surface area contributed by atoms with Crippen molar-refractivity contribution in [2.75, 3.05) is 36.0 Å². The molecule has 3 unspecified atom stereocenters. The van der Waals surface area contributed by atoms with Crippen molar-refractivity contribution >= 4 is 84.5 Å². The molecule has 5 aromatic carbocycles. The molecule has 5 aromatic rings. The maximum Gasteiger partial charge on any atom is 0.414 e. The molecule has 3 saturated heterocycles. The highest BCUT2D eigenvalue weighted by Crippen LogP contribution is 2.46. The molecule has 472 valence electrons. The summed E-state index contributed by atoms with van der Waals surface area (Å²) in [5.74, 6) is -1.14. The SMILES string of the molecule is CC(=O)CC[C@H]1CN(c2ccc(-c3ccc(C(C)CC(=O)CN)cc3)c(F)c2)C(=O)O1.CC(=O)CC[C@H]1CN(c2ccc(C3OC(C)(C)C(C)(C)O3)c(F)c2)C(=O)O1.CC(N)c1ccc(Br)cc1.CCC(=O)CC(C)c1ccc(Br)cc1.NCC(=O)O. The number of carboxylic acids is 1. The summed E-state index contributed by atoms with van der Waals surface area (Å²) >= 11 is 6.75. The molecule has 3 aliphatic heterocycles. The fraction of sp³-hybridized carbons (Fsp3) is 0.439. The summed E-state index contributed by atoms with van der Waals surface area (Å²) in [5, 5.41) is 7.60. The van der Waals surface area contributed by atoms with Gasteiger partial charge in [0, 0.05) is 58.2 Å². The van der Waals surface area contributed by atoms with Gasteiger partial charge in [-0.05, 0) is 156 Å². The van der Waals surface area contributed by atoms with E-state index >= 15 is 0 Å². The molecule has 0 aliphatic carbocycles. The Labute approximate surface area is 526 Å². The summed E-state index contributed by atoms with van der Waals surface area (Å²) in [6, 6.07) is 32.9. The first kappa shape index (κ1) is 72.9. The second kappa shape index (κ2) is 34.2. The second-order valence-electron chi connectivity index (χ2n) is 22.6. The van der Waals surface area contributed by atoms with Crippen molar-refractivity contribution in [2.24, 2.45) is 17.2 Å². The first-order valence-corrected chi connectivity index (χ1v) is 30.4. The number of nitrogens with two attached hydrogens (primary N) is 3. The standard InChI is InChI=1S/C24H27FN2O4.C20H26FNO5.C12H15BrO.C8H10BrN.C2H5NO2/c1-15(11-20(29)13-26)17-4-6-18(7-5-17)22-10-8-19(12-23(22)25)27-14-21(31-24(27)30)9-3-16(2)28;1-12(23)6-8-14-11-22(18(24)25-14)13-7-9-15(16(21)10-13)17-26-19(2,3)20(4,5)27-17;1-3-12(14)8-9(2)10-4-6-11(13)7-5-10;1-6(10)7-2-4-8(9)5-3-7;3-1-2(4)5/h4-8,10,12,15,21H,3,9,11,13-14,26H2,1-2H3;7,9-10,14,17H,6,8,11H2,1-5H3;4-7,9H,3,8H2,1-2H3;2-6H,10H2,1H3;1,3H2,(H,4,5)/t15?,21-;14-;;;/m00.../s1. The molecule has 7 N–H and O–H groups in total. The van der Waals surface area contributed by atoms with Gasteiger partial charge in [0.15, 0.2) is 6.29 Å². The molecule has 0 aromatic heterocycles. The van der Waals surface area contributed by atoms with Crippen LogP contribution in [-0.4, -0.2) is 96.0 Å². The largest absolute Gasteiger partial charge is 0.480 e. The molecule has 0 saturated carbocycles. The zero-order valence-electron chi connectivity index (χ0n) is 51.2. The third-order valence-corrected chi connectivity index (χ3v) is 16.0. The number of anilines is 2. The first-order chi connectivity index (χ1) is 40.9. The second-order valence-corrected chi connectivity index (χ2v) is 24.5. The summed E-state index contributed by atoms with van der Waals surface area (Å²) in [5.41, 5.74) is 20.1. The van der Waals surface area contributed by atoms with Crippen LogP contribution in [0.15, 0.2) is 118 Å². The number of cyclic esters (lactones) is 2. The summed E-state index contributed by atoms with van der Waals surface area (Å²) in [7, 11) is 0. The fourth-order valence-electron chi connectivity index (χ4n) is 8.94. The van der Waals surface area contributed by atoms with Gasteiger partial charge in [0.25, 0.3) is 0 Å². The molecule has 0 radical (unpaired) electrons. The number of rotatable bonds is 20. The lowest BCUT2D eigenvalue weighted by atomic mass is 9.90. The van der Waals surface area contributed by atoms with E-state index in [0.717, 1.165) is 14.5 Å². The van der Waals surface area contributed by atoms with Crippen LogP contribution in [0.3, 0.4) is 0 Å². The Morgan fingerprint density at radius 1 is 0.621 bits per heavy atom. The van der Waals surface area contributed by atoms with Gasteiger partial charge in [-0.25, -0.2) is 18.4 Å². The number of ketones is 4. The average Bonchev–Trinajstić information content (AvgIpc) is 2.14. The summed E-state index contributed by atoms with van der Waals surface area (Å²) in [6.07, 6.45) is 0.653. The van der Waals surface area contributed by atoms with E-state index in [-0.39, 0.29) is 60.2 Å². The van der Waals surface area contributed by atoms with Crippen molar-refractivity contribution in [3.63, 3.8) is 0 Å². The lowest BCUT2D eigenvalue weighted by molar-refractivity contribution is -0.135. The number of carbonyl (C=O) groups excluding carboxylic acids is 6. The highest BCUT2D eigenvalue weighted by Gasteiger charge is 2.50. The van der Waals surface area contributed by atoms with E-state index in [1.807, 2.05) is 109 Å². The van der Waals surface area contributed by atoms with Crippen molar-refractivity contribution in [3.05, 3.63) is 152 Å². The maximum absolute atomic E-state index is 14.9. The number of ether oxygens (including phenoxy) is 4. The van der Waals surface area contributed by atoms with E-state index in [0.29, 0.717) is 92.2 Å². The number of aliphatic carboxylic acids is 1. The predicted octanol–water partition coefficient (Wildman–Crippen LogP) is 13.8. The third kappa shape index (κ3) is 22.8. The Morgan fingerprint density at radius 3 is 1.40 bits per heavy atom. The summed E-state index contributed by atoms with van der Waals surface area (Å²) in [6.45, 7) is 18.9. The zero-order valence-corrected chi connectivity index (χ0v) is 54.4. The topological polar surface area (TPSA) is 261 Å². The van der Waals surface area contributed by atoms with Gasteiger partial charge in [-0.15, -0.1) is 0 Å². The summed E-state index contributed by atoms with van der Waals surface area (Å²) < 4.78 is 54.1. The van der Waals surface area contributed by atoms with E-state index in [1.54, 1.807) is 24.3 Å². The van der Waals surface area contributed by atoms with Crippen LogP contribution < -0.4 is 27.0 Å². The molecule has 3 aliphatic rings. The normalized spacial score (nSPS) is 17.5. The number of carboxylic acid groups (broad SMARTS) is 1. The Hall–Kier alpha value is -6.59. The van der Waals surface area contributed by atoms with Crippen LogP contribution in [0.2, 0.25) is 0 Å². The molecule has 21 heteroatoms. The molecule has 8 rings (SSSR count). The van der Waals surface area contributed by atoms with Crippen LogP contribution in [0.25, 0.3) is 11.1 Å². The van der Waals surface area contributed by atoms with Crippen molar-refractivity contribution in [1.29, 1.82) is 0 Å².